The Hall–Kier alpha value is -1.75. The third-order valence-electron chi connectivity index (χ3n) is 5.11. The second kappa shape index (κ2) is 7.65. The van der Waals surface area contributed by atoms with Gasteiger partial charge in [-0.25, -0.2) is 0 Å². The Morgan fingerprint density at radius 3 is 2.72 bits per heavy atom. The molecular weight excluding hydrogens is 332 g/mol. The van der Waals surface area contributed by atoms with Crippen LogP contribution in [0.25, 0.3) is 0 Å². The van der Waals surface area contributed by atoms with Crippen LogP contribution in [-0.2, 0) is 4.79 Å². The number of hydrogen-bond donors (Lipinski definition) is 0. The summed E-state index contributed by atoms with van der Waals surface area (Å²) in [5.41, 5.74) is 1.97. The lowest BCUT2D eigenvalue weighted by Crippen LogP contribution is -2.48. The molecule has 3 heterocycles. The maximum Gasteiger partial charge on any atom is 0.255 e. The van der Waals surface area contributed by atoms with Crippen LogP contribution in [0.3, 0.4) is 0 Å². The summed E-state index contributed by atoms with van der Waals surface area (Å²) < 4.78 is 0. The third-order valence-corrected chi connectivity index (χ3v) is 5.91. The molecule has 2 bridgehead atoms. The molecule has 0 saturated carbocycles. The Morgan fingerprint density at radius 1 is 1.24 bits per heavy atom. The zero-order valence-electron chi connectivity index (χ0n) is 15.2. The van der Waals surface area contributed by atoms with Gasteiger partial charge in [-0.1, -0.05) is 23.8 Å². The Balaban J connectivity index is 1.83. The first kappa shape index (κ1) is 18.1. The van der Waals surface area contributed by atoms with Gasteiger partial charge in [-0.2, -0.15) is 0 Å². The quantitative estimate of drug-likeness (QED) is 0.611. The smallest absolute Gasteiger partial charge is 0.255 e. The van der Waals surface area contributed by atoms with Crippen molar-refractivity contribution in [2.24, 2.45) is 5.92 Å². The van der Waals surface area contributed by atoms with E-state index in [1.165, 1.54) is 5.57 Å². The summed E-state index contributed by atoms with van der Waals surface area (Å²) in [4.78, 5) is 30.8. The largest absolute Gasteiger partial charge is 0.336 e. The summed E-state index contributed by atoms with van der Waals surface area (Å²) >= 11 is 1.59. The summed E-state index contributed by atoms with van der Waals surface area (Å²) in [5, 5.41) is 0. The SMILES string of the molecule is CSc1ccccc1C(=O)N1C[C@@H]2CC[C@H](C1)N(CC=C(C)C)C2=O. The fraction of sp³-hybridized carbons (Fsp3) is 0.500. The molecule has 0 aromatic heterocycles. The maximum absolute atomic E-state index is 13.1. The number of benzene rings is 1. The molecule has 2 atom stereocenters. The first-order chi connectivity index (χ1) is 12.0. The molecule has 5 heteroatoms. The molecule has 0 unspecified atom stereocenters. The van der Waals surface area contributed by atoms with Gasteiger partial charge in [-0.15, -0.1) is 11.8 Å². The van der Waals surface area contributed by atoms with E-state index < -0.39 is 0 Å². The van der Waals surface area contributed by atoms with Crippen LogP contribution in [-0.4, -0.2) is 53.5 Å². The van der Waals surface area contributed by atoms with Crippen LogP contribution in [0.2, 0.25) is 0 Å². The monoisotopic (exact) mass is 358 g/mol. The van der Waals surface area contributed by atoms with Gasteiger partial charge >= 0.3 is 0 Å². The molecule has 3 fully saturated rings. The Kier molecular flexibility index (Phi) is 5.52. The van der Waals surface area contributed by atoms with Crippen molar-refractivity contribution in [3.63, 3.8) is 0 Å². The minimum Gasteiger partial charge on any atom is -0.336 e. The summed E-state index contributed by atoms with van der Waals surface area (Å²) in [6.07, 6.45) is 5.97. The predicted molar refractivity (Wildman–Crippen MR) is 102 cm³/mol. The van der Waals surface area contributed by atoms with Gasteiger partial charge in [0, 0.05) is 30.6 Å². The highest BCUT2D eigenvalue weighted by Crippen LogP contribution is 2.31. The lowest BCUT2D eigenvalue weighted by Gasteiger charge is -2.35. The van der Waals surface area contributed by atoms with Crippen molar-refractivity contribution in [2.75, 3.05) is 25.9 Å². The van der Waals surface area contributed by atoms with E-state index in [1.54, 1.807) is 11.8 Å². The molecule has 0 spiro atoms. The molecule has 1 aromatic rings. The van der Waals surface area contributed by atoms with Crippen molar-refractivity contribution < 1.29 is 9.59 Å². The lowest BCUT2D eigenvalue weighted by atomic mass is 9.94. The standard InChI is InChI=1S/C20H26N2O2S/c1-14(2)10-11-22-16-9-8-15(19(22)23)12-21(13-16)20(24)17-6-4-5-7-18(17)25-3/h4-7,10,15-16H,8-9,11-13H2,1-3H3/t15-,16+/m0/s1. The number of amides is 2. The summed E-state index contributed by atoms with van der Waals surface area (Å²) in [6, 6.07) is 7.87. The number of hydrogen-bond acceptors (Lipinski definition) is 3. The van der Waals surface area contributed by atoms with Crippen LogP contribution in [0.15, 0.2) is 40.8 Å². The molecule has 2 amide bonds. The van der Waals surface area contributed by atoms with Gasteiger partial charge in [0.05, 0.1) is 11.5 Å². The van der Waals surface area contributed by atoms with Gasteiger partial charge in [0.15, 0.2) is 0 Å². The molecule has 1 aromatic carbocycles. The average Bonchev–Trinajstić information content (AvgIpc) is 2.90. The van der Waals surface area contributed by atoms with Gasteiger partial charge in [-0.05, 0) is 45.1 Å². The van der Waals surface area contributed by atoms with Gasteiger partial charge in [0.25, 0.3) is 5.91 Å². The van der Waals surface area contributed by atoms with E-state index in [-0.39, 0.29) is 23.8 Å². The molecule has 134 valence electrons. The number of allylic oxidation sites excluding steroid dienone is 1. The van der Waals surface area contributed by atoms with Crippen molar-refractivity contribution in [1.82, 2.24) is 9.80 Å². The van der Waals surface area contributed by atoms with Crippen molar-refractivity contribution >= 4 is 23.6 Å². The zero-order chi connectivity index (χ0) is 18.0. The van der Waals surface area contributed by atoms with Crippen LogP contribution in [0.1, 0.15) is 37.0 Å². The fourth-order valence-corrected chi connectivity index (χ4v) is 4.31. The summed E-state index contributed by atoms with van der Waals surface area (Å²) in [5.74, 6) is 0.204. The number of rotatable bonds is 4. The van der Waals surface area contributed by atoms with Crippen LogP contribution in [0, 0.1) is 5.92 Å². The molecule has 4 nitrogen and oxygen atoms in total. The van der Waals surface area contributed by atoms with Gasteiger partial charge < -0.3 is 9.80 Å². The number of nitrogens with zero attached hydrogens (tertiary/aromatic N) is 2. The highest BCUT2D eigenvalue weighted by atomic mass is 32.2. The number of fused-ring (bicyclic) bond motifs is 4. The maximum atomic E-state index is 13.1. The van der Waals surface area contributed by atoms with Gasteiger partial charge in [0.2, 0.25) is 5.91 Å². The van der Waals surface area contributed by atoms with Crippen LogP contribution in [0.5, 0.6) is 0 Å². The Morgan fingerprint density at radius 2 is 2.00 bits per heavy atom. The first-order valence-electron chi connectivity index (χ1n) is 8.87. The van der Waals surface area contributed by atoms with Crippen molar-refractivity contribution in [1.29, 1.82) is 0 Å². The summed E-state index contributed by atoms with van der Waals surface area (Å²) in [6.45, 7) is 5.94. The van der Waals surface area contributed by atoms with E-state index in [1.807, 2.05) is 40.3 Å². The summed E-state index contributed by atoms with van der Waals surface area (Å²) in [7, 11) is 0. The minimum absolute atomic E-state index is 0.0544. The number of piperidine rings is 1. The zero-order valence-corrected chi connectivity index (χ0v) is 16.0. The number of carbonyl (C=O) groups is 2. The fourth-order valence-electron chi connectivity index (χ4n) is 3.72. The first-order valence-corrected chi connectivity index (χ1v) is 10.1. The molecule has 3 aliphatic heterocycles. The van der Waals surface area contributed by atoms with Gasteiger partial charge in [0.1, 0.15) is 0 Å². The van der Waals surface area contributed by atoms with Crippen molar-refractivity contribution in [2.45, 2.75) is 37.6 Å². The van der Waals surface area contributed by atoms with Crippen LogP contribution in [0.4, 0.5) is 0 Å². The molecule has 25 heavy (non-hydrogen) atoms. The normalized spacial score (nSPS) is 22.8. The van der Waals surface area contributed by atoms with Crippen molar-refractivity contribution in [3.05, 3.63) is 41.5 Å². The van der Waals surface area contributed by atoms with E-state index in [2.05, 4.69) is 19.9 Å². The lowest BCUT2D eigenvalue weighted by molar-refractivity contribution is -0.139. The van der Waals surface area contributed by atoms with E-state index >= 15 is 0 Å². The van der Waals surface area contributed by atoms with E-state index in [4.69, 9.17) is 0 Å². The average molecular weight is 359 g/mol. The van der Waals surface area contributed by atoms with Crippen LogP contribution >= 0.6 is 11.8 Å². The van der Waals surface area contributed by atoms with Crippen LogP contribution < -0.4 is 0 Å². The number of thioether (sulfide) groups is 1. The molecule has 4 rings (SSSR count). The van der Waals surface area contributed by atoms with E-state index in [0.717, 1.165) is 23.3 Å². The molecule has 0 N–H and O–H groups in total. The third kappa shape index (κ3) is 3.76. The number of carbonyl (C=O) groups excluding carboxylic acids is 2. The second-order valence-electron chi connectivity index (χ2n) is 7.11. The molecule has 3 aliphatic rings. The van der Waals surface area contributed by atoms with Gasteiger partial charge in [-0.3, -0.25) is 9.59 Å². The second-order valence-corrected chi connectivity index (χ2v) is 7.96. The minimum atomic E-state index is -0.0605. The van der Waals surface area contributed by atoms with Crippen molar-refractivity contribution in [3.8, 4) is 0 Å². The molecule has 0 radical (unpaired) electrons. The highest BCUT2D eigenvalue weighted by molar-refractivity contribution is 7.98. The Labute approximate surface area is 154 Å². The predicted octanol–water partition coefficient (Wildman–Crippen LogP) is 3.44. The van der Waals surface area contributed by atoms with E-state index in [9.17, 15) is 9.59 Å². The van der Waals surface area contributed by atoms with E-state index in [0.29, 0.717) is 19.6 Å². The molecule has 0 aliphatic carbocycles. The Bertz CT molecular complexity index is 697. The molecule has 3 saturated heterocycles. The topological polar surface area (TPSA) is 40.6 Å². The highest BCUT2D eigenvalue weighted by Gasteiger charge is 2.41. The molecular formula is C20H26N2O2S.